The predicted octanol–water partition coefficient (Wildman–Crippen LogP) is 2.30. The summed E-state index contributed by atoms with van der Waals surface area (Å²) in [6.07, 6.45) is -1.30. The van der Waals surface area contributed by atoms with Gasteiger partial charge in [0, 0.05) is 17.3 Å². The molecule has 0 radical (unpaired) electrons. The van der Waals surface area contributed by atoms with Crippen LogP contribution in [0.4, 0.5) is 11.4 Å². The van der Waals surface area contributed by atoms with Gasteiger partial charge in [0.2, 0.25) is 6.17 Å². The van der Waals surface area contributed by atoms with E-state index in [0.717, 1.165) is 4.68 Å². The van der Waals surface area contributed by atoms with Gasteiger partial charge in [-0.15, -0.1) is 0 Å². The van der Waals surface area contributed by atoms with E-state index in [9.17, 15) is 24.8 Å². The van der Waals surface area contributed by atoms with Crippen LogP contribution in [0.2, 0.25) is 5.02 Å². The van der Waals surface area contributed by atoms with E-state index < -0.39 is 23.0 Å². The third-order valence-corrected chi connectivity index (χ3v) is 3.85. The summed E-state index contributed by atoms with van der Waals surface area (Å²) in [5.74, 6) is -1.97. The van der Waals surface area contributed by atoms with Crippen LogP contribution in [0.25, 0.3) is 11.3 Å². The number of hydrogen-bond donors (Lipinski definition) is 2. The average molecular weight is 367 g/mol. The first-order valence-corrected chi connectivity index (χ1v) is 7.45. The first-order valence-electron chi connectivity index (χ1n) is 7.07. The molecule has 3 rings (SSSR count). The molecule has 10 nitrogen and oxygen atoms in total. The van der Waals surface area contributed by atoms with E-state index >= 15 is 0 Å². The van der Waals surface area contributed by atoms with Crippen LogP contribution >= 0.6 is 11.6 Å². The third kappa shape index (κ3) is 2.76. The molecule has 11 heteroatoms. The first-order chi connectivity index (χ1) is 11.8. The molecule has 0 spiro atoms. The summed E-state index contributed by atoms with van der Waals surface area (Å²) in [5.41, 5.74) is 0.364. The summed E-state index contributed by atoms with van der Waals surface area (Å²) in [6, 6.07) is 3.79. The molecule has 0 bridgehead atoms. The molecule has 0 fully saturated rings. The summed E-state index contributed by atoms with van der Waals surface area (Å²) in [6.45, 7) is 1.75. The number of hydrogen-bond acceptors (Lipinski definition) is 7. The van der Waals surface area contributed by atoms with Crippen LogP contribution in [-0.2, 0) is 9.53 Å². The fraction of sp³-hybridized carbons (Fsp3) is 0.214. The quantitative estimate of drug-likeness (QED) is 0.477. The lowest BCUT2D eigenvalue weighted by molar-refractivity contribution is -0.384. The normalized spacial score (nSPS) is 14.9. The van der Waals surface area contributed by atoms with Crippen molar-refractivity contribution in [3.63, 3.8) is 0 Å². The molecule has 0 saturated heterocycles. The Bertz CT molecular complexity index is 909. The first kappa shape index (κ1) is 16.7. The fourth-order valence-electron chi connectivity index (χ4n) is 2.51. The van der Waals surface area contributed by atoms with Crippen LogP contribution in [0.1, 0.15) is 23.6 Å². The van der Waals surface area contributed by atoms with Crippen LogP contribution in [0.3, 0.4) is 0 Å². The number of esters is 1. The number of aromatic nitrogens is 2. The van der Waals surface area contributed by atoms with Gasteiger partial charge in [0.25, 0.3) is 5.69 Å². The molecule has 1 aromatic heterocycles. The number of rotatable bonds is 4. The minimum absolute atomic E-state index is 0.102. The Kier molecular flexibility index (Phi) is 4.05. The van der Waals surface area contributed by atoms with Gasteiger partial charge in [0.05, 0.1) is 17.2 Å². The monoisotopic (exact) mass is 366 g/mol. The molecule has 2 N–H and O–H groups in total. The minimum atomic E-state index is -1.30. The Morgan fingerprint density at radius 3 is 2.80 bits per heavy atom. The smallest absolute Gasteiger partial charge is 0.358 e. The summed E-state index contributed by atoms with van der Waals surface area (Å²) in [5, 5.41) is 27.0. The molecule has 1 aliphatic heterocycles. The molecule has 0 saturated carbocycles. The minimum Gasteiger partial charge on any atom is -0.478 e. The van der Waals surface area contributed by atoms with Crippen molar-refractivity contribution < 1.29 is 24.4 Å². The number of nitro groups is 1. The molecule has 0 aliphatic carbocycles. The number of ether oxygens (including phenoxy) is 1. The Balaban J connectivity index is 2.21. The summed E-state index contributed by atoms with van der Waals surface area (Å²) in [7, 11) is 0. The Hall–Kier alpha value is -3.14. The lowest BCUT2D eigenvalue weighted by atomic mass is 10.1. The molecule has 1 aliphatic rings. The molecule has 2 aromatic rings. The molecule has 1 unspecified atom stereocenters. The number of nitrogens with zero attached hydrogens (tertiary/aromatic N) is 3. The highest BCUT2D eigenvalue weighted by molar-refractivity contribution is 6.33. The topological polar surface area (TPSA) is 137 Å². The Labute approximate surface area is 145 Å². The number of carbonyl (C=O) groups excluding carboxylic acids is 1. The third-order valence-electron chi connectivity index (χ3n) is 3.55. The zero-order valence-corrected chi connectivity index (χ0v) is 13.5. The van der Waals surface area contributed by atoms with E-state index in [1.165, 1.54) is 18.2 Å². The molecule has 130 valence electrons. The molecular weight excluding hydrogens is 356 g/mol. The maximum absolute atomic E-state index is 11.9. The average Bonchev–Trinajstić information content (AvgIpc) is 2.98. The van der Waals surface area contributed by atoms with Crippen molar-refractivity contribution >= 4 is 34.9 Å². The number of nitrogens with one attached hydrogen (secondary N) is 1. The number of carbonyl (C=O) groups is 2. The molecular formula is C14H11ClN4O6. The van der Waals surface area contributed by atoms with Gasteiger partial charge in [-0.3, -0.25) is 10.1 Å². The van der Waals surface area contributed by atoms with Crippen molar-refractivity contribution in [1.82, 2.24) is 9.78 Å². The largest absolute Gasteiger partial charge is 0.478 e. The summed E-state index contributed by atoms with van der Waals surface area (Å²) >= 11 is 5.88. The van der Waals surface area contributed by atoms with Crippen LogP contribution in [-0.4, -0.2) is 38.4 Å². The number of nitro benzene ring substituents is 1. The van der Waals surface area contributed by atoms with Gasteiger partial charge >= 0.3 is 11.9 Å². The molecule has 1 aromatic carbocycles. The number of carboxylic acid groups (broad SMARTS) is 1. The molecule has 25 heavy (non-hydrogen) atoms. The van der Waals surface area contributed by atoms with Gasteiger partial charge in [-0.05, 0) is 19.1 Å². The number of fused-ring (bicyclic) bond motifs is 3. The Morgan fingerprint density at radius 1 is 1.48 bits per heavy atom. The highest BCUT2D eigenvalue weighted by atomic mass is 35.5. The molecule has 2 heterocycles. The second-order valence-corrected chi connectivity index (χ2v) is 5.48. The van der Waals surface area contributed by atoms with Gasteiger partial charge in [-0.2, -0.15) is 5.10 Å². The van der Waals surface area contributed by atoms with Crippen molar-refractivity contribution in [3.8, 4) is 11.3 Å². The van der Waals surface area contributed by atoms with Crippen molar-refractivity contribution in [3.05, 3.63) is 39.0 Å². The SMILES string of the molecule is CCOC(=O)c1cc2n(n1)C(C(=O)O)Nc1cc(Cl)c([N+](=O)[O-])cc1-2. The van der Waals surface area contributed by atoms with Gasteiger partial charge < -0.3 is 15.2 Å². The summed E-state index contributed by atoms with van der Waals surface area (Å²) < 4.78 is 5.92. The number of aliphatic carboxylic acids is 1. The standard InChI is InChI=1S/C14H11ClN4O6/c1-2-25-14(22)9-5-10-6-3-11(19(23)24)7(15)4-8(6)16-12(13(20)21)18(10)17-9/h3-5,12,16H,2H2,1H3,(H,20,21). The highest BCUT2D eigenvalue weighted by Crippen LogP contribution is 2.41. The van der Waals surface area contributed by atoms with Crippen LogP contribution in [0.15, 0.2) is 18.2 Å². The zero-order chi connectivity index (χ0) is 18.3. The van der Waals surface area contributed by atoms with Gasteiger partial charge in [0.1, 0.15) is 5.02 Å². The maximum Gasteiger partial charge on any atom is 0.358 e. The van der Waals surface area contributed by atoms with Crippen molar-refractivity contribution in [2.24, 2.45) is 0 Å². The van der Waals surface area contributed by atoms with E-state index in [4.69, 9.17) is 16.3 Å². The maximum atomic E-state index is 11.9. The second-order valence-electron chi connectivity index (χ2n) is 5.07. The van der Waals surface area contributed by atoms with Gasteiger partial charge in [-0.25, -0.2) is 14.3 Å². The number of benzene rings is 1. The zero-order valence-electron chi connectivity index (χ0n) is 12.7. The number of halogens is 1. The van der Waals surface area contributed by atoms with Crippen LogP contribution < -0.4 is 5.32 Å². The second kappa shape index (κ2) is 6.06. The Morgan fingerprint density at radius 2 is 2.20 bits per heavy atom. The number of carboxylic acids is 1. The molecule has 0 amide bonds. The lowest BCUT2D eigenvalue weighted by Gasteiger charge is -2.25. The highest BCUT2D eigenvalue weighted by Gasteiger charge is 2.33. The lowest BCUT2D eigenvalue weighted by Crippen LogP contribution is -2.31. The van der Waals surface area contributed by atoms with Crippen molar-refractivity contribution in [2.75, 3.05) is 11.9 Å². The van der Waals surface area contributed by atoms with Gasteiger partial charge in [0.15, 0.2) is 5.69 Å². The number of anilines is 1. The van der Waals surface area contributed by atoms with E-state index in [-0.39, 0.29) is 34.4 Å². The van der Waals surface area contributed by atoms with E-state index in [1.54, 1.807) is 6.92 Å². The summed E-state index contributed by atoms with van der Waals surface area (Å²) in [4.78, 5) is 33.8. The fourth-order valence-corrected chi connectivity index (χ4v) is 2.74. The van der Waals surface area contributed by atoms with E-state index in [0.29, 0.717) is 5.56 Å². The van der Waals surface area contributed by atoms with Crippen molar-refractivity contribution in [2.45, 2.75) is 13.1 Å². The van der Waals surface area contributed by atoms with E-state index in [1.807, 2.05) is 0 Å². The predicted molar refractivity (Wildman–Crippen MR) is 85.6 cm³/mol. The molecule has 1 atom stereocenters. The van der Waals surface area contributed by atoms with Crippen molar-refractivity contribution in [1.29, 1.82) is 0 Å². The van der Waals surface area contributed by atoms with Gasteiger partial charge in [-0.1, -0.05) is 11.6 Å². The van der Waals surface area contributed by atoms with Crippen LogP contribution in [0.5, 0.6) is 0 Å². The van der Waals surface area contributed by atoms with E-state index in [2.05, 4.69) is 10.4 Å². The van der Waals surface area contributed by atoms with Crippen LogP contribution in [0, 0.1) is 10.1 Å².